The molecule has 6 aromatic rings. The van der Waals surface area contributed by atoms with Gasteiger partial charge in [0, 0.05) is 45.8 Å². The minimum absolute atomic E-state index is 0.157. The van der Waals surface area contributed by atoms with Crippen LogP contribution in [0.25, 0.3) is 50.3 Å². The Kier molecular flexibility index (Phi) is 9.94. The topological polar surface area (TPSA) is 33.8 Å². The van der Waals surface area contributed by atoms with Gasteiger partial charge in [-0.3, -0.25) is 0 Å². The molecule has 0 N–H and O–H groups in total. The van der Waals surface area contributed by atoms with E-state index < -0.39 is 8.07 Å². The fraction of sp³-hybridized carbons (Fsp3) is 0.453. The third kappa shape index (κ3) is 7.20. The van der Waals surface area contributed by atoms with E-state index in [0.717, 1.165) is 65.6 Å². The van der Waals surface area contributed by atoms with E-state index in [2.05, 4.69) is 136 Å². The first-order valence-corrected chi connectivity index (χ1v) is 25.9. The summed E-state index contributed by atoms with van der Waals surface area (Å²) in [6.07, 6.45) is 16.6. The van der Waals surface area contributed by atoms with E-state index in [1.807, 2.05) is 6.92 Å². The lowest BCUT2D eigenvalue weighted by molar-refractivity contribution is -0.719. The molecule has 1 aliphatic carbocycles. The van der Waals surface area contributed by atoms with Crippen molar-refractivity contribution in [3.05, 3.63) is 113 Å². The second kappa shape index (κ2) is 14.7. The van der Waals surface area contributed by atoms with Gasteiger partial charge >= 0.3 is 0 Å². The average molecular weight is 788 g/mol. The number of pyridine rings is 3. The quantitative estimate of drug-likeness (QED) is 0.129. The lowest BCUT2D eigenvalue weighted by Gasteiger charge is -2.34. The van der Waals surface area contributed by atoms with E-state index in [1.54, 1.807) is 16.3 Å². The van der Waals surface area contributed by atoms with Gasteiger partial charge in [-0.1, -0.05) is 97.8 Å². The summed E-state index contributed by atoms with van der Waals surface area (Å²) in [4.78, 5) is 4.87. The summed E-state index contributed by atoms with van der Waals surface area (Å²) in [5.41, 5.74) is 16.5. The molecule has 5 heteroatoms. The molecule has 2 atom stereocenters. The van der Waals surface area contributed by atoms with Crippen molar-refractivity contribution in [1.29, 1.82) is 0 Å². The molecule has 4 nitrogen and oxygen atoms in total. The first kappa shape index (κ1) is 39.1. The summed E-state index contributed by atoms with van der Waals surface area (Å²) in [6.45, 7) is 26.4. The summed E-state index contributed by atoms with van der Waals surface area (Å²) in [6, 6.07) is 24.3. The number of hydrogen-bond donors (Lipinski definition) is 0. The summed E-state index contributed by atoms with van der Waals surface area (Å²) >= 11 is 0. The van der Waals surface area contributed by atoms with E-state index in [9.17, 15) is 0 Å². The maximum Gasteiger partial charge on any atom is 0.227 e. The van der Waals surface area contributed by atoms with Crippen LogP contribution < -0.4 is 14.3 Å². The van der Waals surface area contributed by atoms with Crippen LogP contribution in [0.2, 0.25) is 19.6 Å². The normalized spacial score (nSPS) is 18.8. The van der Waals surface area contributed by atoms with Gasteiger partial charge in [0.15, 0.2) is 29.7 Å². The summed E-state index contributed by atoms with van der Waals surface area (Å²) in [5.74, 6) is 1.60. The summed E-state index contributed by atoms with van der Waals surface area (Å²) in [7, 11) is -1.69. The number of benzene rings is 2. The highest BCUT2D eigenvalue weighted by atomic mass is 28.3. The Bertz CT molecular complexity index is 2570. The molecule has 0 saturated heterocycles. The van der Waals surface area contributed by atoms with Crippen molar-refractivity contribution in [2.75, 3.05) is 0 Å². The molecule has 0 bridgehead atoms. The number of aryl methyl sites for hydroxylation is 2. The molecule has 0 radical (unpaired) electrons. The van der Waals surface area contributed by atoms with Crippen LogP contribution in [-0.2, 0) is 19.3 Å². The van der Waals surface area contributed by atoms with Crippen LogP contribution >= 0.6 is 0 Å². The predicted octanol–water partition coefficient (Wildman–Crippen LogP) is 12.7. The number of allylic oxidation sites excluding steroid dienone is 1. The van der Waals surface area contributed by atoms with Crippen LogP contribution in [-0.4, -0.2) is 13.1 Å². The Morgan fingerprint density at radius 2 is 1.67 bits per heavy atom. The Hall–Kier alpha value is -4.35. The predicted molar refractivity (Wildman–Crippen MR) is 245 cm³/mol. The van der Waals surface area contributed by atoms with E-state index in [0.29, 0.717) is 17.8 Å². The molecule has 2 unspecified atom stereocenters. The van der Waals surface area contributed by atoms with Crippen molar-refractivity contribution in [3.63, 3.8) is 0 Å². The third-order valence-electron chi connectivity index (χ3n) is 13.5. The molecule has 58 heavy (non-hydrogen) atoms. The van der Waals surface area contributed by atoms with Gasteiger partial charge in [0.1, 0.15) is 0 Å². The highest BCUT2D eigenvalue weighted by Gasteiger charge is 2.44. The third-order valence-corrected chi connectivity index (χ3v) is 15.6. The van der Waals surface area contributed by atoms with E-state index in [-0.39, 0.29) is 11.5 Å². The zero-order valence-electron chi connectivity index (χ0n) is 36.8. The average Bonchev–Trinajstić information content (AvgIpc) is 3.53. The molecule has 0 amide bonds. The molecule has 1 fully saturated rings. The molecule has 4 aromatic heterocycles. The van der Waals surface area contributed by atoms with Gasteiger partial charge in [-0.2, -0.15) is 9.13 Å². The lowest BCUT2D eigenvalue weighted by Crippen LogP contribution is -2.54. The monoisotopic (exact) mass is 787 g/mol. The van der Waals surface area contributed by atoms with Gasteiger partial charge in [-0.25, -0.2) is 4.98 Å². The van der Waals surface area contributed by atoms with Gasteiger partial charge in [-0.15, -0.1) is 0 Å². The maximum absolute atomic E-state index is 6.84. The van der Waals surface area contributed by atoms with Crippen LogP contribution in [0.4, 0.5) is 0 Å². The minimum atomic E-state index is -1.69. The van der Waals surface area contributed by atoms with Gasteiger partial charge in [0.05, 0.1) is 25.6 Å². The highest BCUT2D eigenvalue weighted by Crippen LogP contribution is 2.47. The standard InChI is InChI=1S/C53H65N3OSi/c1-33(2)26-40-30-47-45-29-39(37-14-12-11-13-15-37)19-21-41(45)42-22-17-38-18-23-43-44-20-16-34(3)54-52(44)57-51(43)50(38)48-28-36(31-53(5,6)7)24-25-55(48)35(4)27-46(42)56(47)32-49(40)58(8,9)10/h16,18-21,23-25,28-30,32-33,37,42,46H,4,11-15,17,22,26-27,31H2,1-3,5-10H3/q+2. The number of aromatic nitrogens is 3. The number of hydrogen-bond acceptors (Lipinski definition) is 2. The molecule has 9 rings (SSSR count). The van der Waals surface area contributed by atoms with Crippen molar-refractivity contribution in [2.24, 2.45) is 11.3 Å². The Balaban J connectivity index is 1.27. The number of nitrogens with zero attached hydrogens (tertiary/aromatic N) is 3. The van der Waals surface area contributed by atoms with Gasteiger partial charge < -0.3 is 4.42 Å². The van der Waals surface area contributed by atoms with Crippen molar-refractivity contribution in [3.8, 4) is 22.5 Å². The second-order valence-electron chi connectivity index (χ2n) is 20.9. The van der Waals surface area contributed by atoms with Crippen molar-refractivity contribution in [2.45, 2.75) is 143 Å². The summed E-state index contributed by atoms with van der Waals surface area (Å²) < 4.78 is 12.0. The van der Waals surface area contributed by atoms with E-state index in [4.69, 9.17) is 16.0 Å². The van der Waals surface area contributed by atoms with Gasteiger partial charge in [-0.05, 0) is 115 Å². The first-order valence-electron chi connectivity index (χ1n) is 22.4. The molecular weight excluding hydrogens is 723 g/mol. The number of furan rings is 1. The SMILES string of the molecule is C=C1CC2C(CCc3ccc4c(oc5nc(C)ccc54)c3-c3cc(CC(C)(C)C)cc[n+]31)c1ccc(C3CCCCC3)cc1-c1cc(CC(C)C)c([Si](C)(C)C)c[n+]12. The zero-order chi connectivity index (χ0) is 40.7. The number of fused-ring (bicyclic) bond motifs is 13. The first-order chi connectivity index (χ1) is 27.6. The van der Waals surface area contributed by atoms with Crippen LogP contribution in [0.1, 0.15) is 131 Å². The number of rotatable bonds is 5. The van der Waals surface area contributed by atoms with Crippen LogP contribution in [0.15, 0.2) is 84.1 Å². The highest BCUT2D eigenvalue weighted by molar-refractivity contribution is 6.89. The van der Waals surface area contributed by atoms with E-state index in [1.165, 1.54) is 71.3 Å². The summed E-state index contributed by atoms with van der Waals surface area (Å²) in [5, 5.41) is 3.82. The maximum atomic E-state index is 6.84. The molecule has 1 saturated carbocycles. The van der Waals surface area contributed by atoms with Crippen LogP contribution in [0.3, 0.4) is 0 Å². The minimum Gasteiger partial charge on any atom is -0.437 e. The van der Waals surface area contributed by atoms with Crippen LogP contribution in [0, 0.1) is 18.3 Å². The molecule has 2 aromatic carbocycles. The lowest BCUT2D eigenvalue weighted by atomic mass is 9.75. The van der Waals surface area contributed by atoms with Crippen LogP contribution in [0.5, 0.6) is 0 Å². The van der Waals surface area contributed by atoms with Crippen molar-refractivity contribution >= 4 is 41.0 Å². The Morgan fingerprint density at radius 1 is 0.897 bits per heavy atom. The molecular formula is C53H65N3OSi+2. The molecule has 300 valence electrons. The fourth-order valence-corrected chi connectivity index (χ4v) is 12.6. The van der Waals surface area contributed by atoms with Gasteiger partial charge in [0.25, 0.3) is 0 Å². The Labute approximate surface area is 348 Å². The fourth-order valence-electron chi connectivity index (χ4n) is 10.9. The molecule has 3 aliphatic rings. The largest absolute Gasteiger partial charge is 0.437 e. The van der Waals surface area contributed by atoms with Crippen molar-refractivity contribution < 1.29 is 13.6 Å². The smallest absolute Gasteiger partial charge is 0.227 e. The van der Waals surface area contributed by atoms with Gasteiger partial charge in [0.2, 0.25) is 17.1 Å². The molecule has 6 heterocycles. The second-order valence-corrected chi connectivity index (χ2v) is 26.0. The van der Waals surface area contributed by atoms with Crippen molar-refractivity contribution in [1.82, 2.24) is 4.98 Å². The molecule has 0 spiro atoms. The van der Waals surface area contributed by atoms with E-state index >= 15 is 0 Å². The molecule has 2 aliphatic heterocycles. The zero-order valence-corrected chi connectivity index (χ0v) is 37.8. The Morgan fingerprint density at radius 3 is 2.41 bits per heavy atom.